The Morgan fingerprint density at radius 1 is 1.27 bits per heavy atom. The third kappa shape index (κ3) is 3.78. The largest absolute Gasteiger partial charge is 0.480 e. The van der Waals surface area contributed by atoms with Gasteiger partial charge in [-0.05, 0) is 24.0 Å². The molecule has 0 aliphatic heterocycles. The molecule has 0 aliphatic carbocycles. The lowest BCUT2D eigenvalue weighted by Crippen LogP contribution is -2.48. The minimum Gasteiger partial charge on any atom is -0.480 e. The second kappa shape index (κ2) is 6.98. The lowest BCUT2D eigenvalue weighted by molar-refractivity contribution is -0.140. The summed E-state index contributed by atoms with van der Waals surface area (Å²) in [6, 6.07) is 6.63. The Morgan fingerprint density at radius 3 is 2.68 bits per heavy atom. The summed E-state index contributed by atoms with van der Waals surface area (Å²) < 4.78 is 0. The van der Waals surface area contributed by atoms with Gasteiger partial charge in [0.2, 0.25) is 0 Å². The molecular weight excluding hydrogens is 282 g/mol. The highest BCUT2D eigenvalue weighted by molar-refractivity contribution is 5.84. The molecule has 6 heteroatoms. The molecule has 0 fully saturated rings. The molecule has 0 saturated heterocycles. The summed E-state index contributed by atoms with van der Waals surface area (Å²) in [6.07, 6.45) is 2.61. The van der Waals surface area contributed by atoms with Crippen LogP contribution in [0.2, 0.25) is 0 Å². The second-order valence-corrected chi connectivity index (χ2v) is 5.57. The summed E-state index contributed by atoms with van der Waals surface area (Å²) in [5, 5.41) is 15.3. The number of nitrogens with one attached hydrogen (secondary N) is 3. The van der Waals surface area contributed by atoms with Crippen LogP contribution in [0.3, 0.4) is 0 Å². The van der Waals surface area contributed by atoms with Gasteiger partial charge in [0.1, 0.15) is 6.04 Å². The average molecular weight is 303 g/mol. The molecular formula is C16H21N3O3. The standard InChI is InChI=1S/C16H21N3O3/c1-10(2)14(15(20)21)19-16(22)17-8-7-11-9-18-13-6-4-3-5-12(11)13/h3-6,9-10,14,18H,7-8H2,1-2H3,(H,20,21)(H2,17,19,22)/t14-/m1/s1. The van der Waals surface area contributed by atoms with Gasteiger partial charge in [-0.25, -0.2) is 9.59 Å². The van der Waals surface area contributed by atoms with Gasteiger partial charge in [0.25, 0.3) is 0 Å². The van der Waals surface area contributed by atoms with Gasteiger partial charge in [-0.15, -0.1) is 0 Å². The Hall–Kier alpha value is -2.50. The van der Waals surface area contributed by atoms with Gasteiger partial charge in [0, 0.05) is 23.6 Å². The molecule has 2 amide bonds. The summed E-state index contributed by atoms with van der Waals surface area (Å²) in [5.74, 6) is -1.20. The Labute approximate surface area is 128 Å². The molecule has 0 unspecified atom stereocenters. The van der Waals surface area contributed by atoms with Crippen molar-refractivity contribution in [2.24, 2.45) is 5.92 Å². The summed E-state index contributed by atoms with van der Waals surface area (Å²) in [6.45, 7) is 3.95. The van der Waals surface area contributed by atoms with Crippen molar-refractivity contribution in [2.75, 3.05) is 6.54 Å². The van der Waals surface area contributed by atoms with Crippen molar-refractivity contribution >= 4 is 22.9 Å². The van der Waals surface area contributed by atoms with Crippen LogP contribution in [0.1, 0.15) is 19.4 Å². The smallest absolute Gasteiger partial charge is 0.326 e. The van der Waals surface area contributed by atoms with Gasteiger partial charge in [0.15, 0.2) is 0 Å². The molecule has 1 heterocycles. The van der Waals surface area contributed by atoms with Crippen LogP contribution in [0.5, 0.6) is 0 Å². The molecule has 1 aromatic heterocycles. The first kappa shape index (κ1) is 15.9. The predicted molar refractivity (Wildman–Crippen MR) is 84.8 cm³/mol. The highest BCUT2D eigenvalue weighted by atomic mass is 16.4. The predicted octanol–water partition coefficient (Wildman–Crippen LogP) is 2.12. The zero-order valence-electron chi connectivity index (χ0n) is 12.7. The van der Waals surface area contributed by atoms with Gasteiger partial charge >= 0.3 is 12.0 Å². The van der Waals surface area contributed by atoms with Crippen LogP contribution in [0.25, 0.3) is 10.9 Å². The van der Waals surface area contributed by atoms with Crippen molar-refractivity contribution in [1.29, 1.82) is 0 Å². The van der Waals surface area contributed by atoms with E-state index in [4.69, 9.17) is 5.11 Å². The van der Waals surface area contributed by atoms with E-state index in [0.29, 0.717) is 13.0 Å². The van der Waals surface area contributed by atoms with Crippen LogP contribution in [0, 0.1) is 5.92 Å². The molecule has 0 radical (unpaired) electrons. The fraction of sp³-hybridized carbons (Fsp3) is 0.375. The molecule has 4 N–H and O–H groups in total. The highest BCUT2D eigenvalue weighted by Gasteiger charge is 2.23. The number of benzene rings is 1. The van der Waals surface area contributed by atoms with Gasteiger partial charge in [-0.2, -0.15) is 0 Å². The number of fused-ring (bicyclic) bond motifs is 1. The van der Waals surface area contributed by atoms with Crippen molar-refractivity contribution in [3.63, 3.8) is 0 Å². The number of hydrogen-bond acceptors (Lipinski definition) is 2. The first-order chi connectivity index (χ1) is 10.5. The highest BCUT2D eigenvalue weighted by Crippen LogP contribution is 2.17. The zero-order chi connectivity index (χ0) is 16.1. The van der Waals surface area contributed by atoms with Crippen LogP contribution < -0.4 is 10.6 Å². The van der Waals surface area contributed by atoms with Gasteiger partial charge < -0.3 is 20.7 Å². The van der Waals surface area contributed by atoms with Crippen molar-refractivity contribution in [3.8, 4) is 0 Å². The number of aromatic nitrogens is 1. The van der Waals surface area contributed by atoms with E-state index in [1.807, 2.05) is 30.5 Å². The molecule has 118 valence electrons. The third-order valence-corrected chi connectivity index (χ3v) is 3.57. The number of carboxylic acids is 1. The number of carbonyl (C=O) groups is 2. The van der Waals surface area contributed by atoms with E-state index in [2.05, 4.69) is 15.6 Å². The second-order valence-electron chi connectivity index (χ2n) is 5.57. The minimum absolute atomic E-state index is 0.170. The van der Waals surface area contributed by atoms with E-state index < -0.39 is 18.0 Å². The van der Waals surface area contributed by atoms with Crippen LogP contribution in [0.4, 0.5) is 4.79 Å². The topological polar surface area (TPSA) is 94.2 Å². The number of H-pyrrole nitrogens is 1. The van der Waals surface area contributed by atoms with Crippen LogP contribution in [-0.4, -0.2) is 34.7 Å². The van der Waals surface area contributed by atoms with Crippen molar-refractivity contribution in [2.45, 2.75) is 26.3 Å². The van der Waals surface area contributed by atoms with Gasteiger partial charge in [0.05, 0.1) is 0 Å². The van der Waals surface area contributed by atoms with Crippen LogP contribution >= 0.6 is 0 Å². The summed E-state index contributed by atoms with van der Waals surface area (Å²) in [4.78, 5) is 26.0. The maximum absolute atomic E-state index is 11.8. The van der Waals surface area contributed by atoms with Gasteiger partial charge in [-0.1, -0.05) is 32.0 Å². The summed E-state index contributed by atoms with van der Waals surface area (Å²) in [7, 11) is 0. The molecule has 1 atom stereocenters. The van der Waals surface area contributed by atoms with E-state index >= 15 is 0 Å². The van der Waals surface area contributed by atoms with Crippen LogP contribution in [-0.2, 0) is 11.2 Å². The number of para-hydroxylation sites is 1. The number of rotatable bonds is 6. The lowest BCUT2D eigenvalue weighted by atomic mass is 10.1. The Morgan fingerprint density at radius 2 is 2.00 bits per heavy atom. The molecule has 2 aromatic rings. The molecule has 22 heavy (non-hydrogen) atoms. The average Bonchev–Trinajstić information content (AvgIpc) is 2.88. The first-order valence-corrected chi connectivity index (χ1v) is 7.31. The number of carbonyl (C=O) groups excluding carboxylic acids is 1. The molecule has 0 bridgehead atoms. The van der Waals surface area contributed by atoms with E-state index in [1.165, 1.54) is 0 Å². The first-order valence-electron chi connectivity index (χ1n) is 7.31. The number of carboxylic acid groups (broad SMARTS) is 1. The SMILES string of the molecule is CC(C)[C@@H](NC(=O)NCCc1c[nH]c2ccccc12)C(=O)O. The fourth-order valence-corrected chi connectivity index (χ4v) is 2.35. The number of aliphatic carboxylic acids is 1. The lowest BCUT2D eigenvalue weighted by Gasteiger charge is -2.18. The molecule has 0 saturated carbocycles. The summed E-state index contributed by atoms with van der Waals surface area (Å²) >= 11 is 0. The van der Waals surface area contributed by atoms with Crippen molar-refractivity contribution in [1.82, 2.24) is 15.6 Å². The summed E-state index contributed by atoms with van der Waals surface area (Å²) in [5.41, 5.74) is 2.18. The third-order valence-electron chi connectivity index (χ3n) is 3.57. The number of aromatic amines is 1. The molecule has 6 nitrogen and oxygen atoms in total. The van der Waals surface area contributed by atoms with Crippen molar-refractivity contribution < 1.29 is 14.7 Å². The quantitative estimate of drug-likeness (QED) is 0.658. The van der Waals surface area contributed by atoms with Crippen LogP contribution in [0.15, 0.2) is 30.5 Å². The molecule has 1 aromatic carbocycles. The Bertz CT molecular complexity index is 663. The maximum Gasteiger partial charge on any atom is 0.326 e. The number of amides is 2. The minimum atomic E-state index is -1.03. The maximum atomic E-state index is 11.8. The Kier molecular flexibility index (Phi) is 5.04. The molecule has 2 rings (SSSR count). The fourth-order valence-electron chi connectivity index (χ4n) is 2.35. The molecule has 0 aliphatic rings. The Balaban J connectivity index is 1.85. The van der Waals surface area contributed by atoms with E-state index in [9.17, 15) is 9.59 Å². The van der Waals surface area contributed by atoms with E-state index in [1.54, 1.807) is 13.8 Å². The zero-order valence-corrected chi connectivity index (χ0v) is 12.7. The normalized spacial score (nSPS) is 12.3. The molecule has 0 spiro atoms. The van der Waals surface area contributed by atoms with E-state index in [-0.39, 0.29) is 5.92 Å². The number of urea groups is 1. The van der Waals surface area contributed by atoms with Gasteiger partial charge in [-0.3, -0.25) is 0 Å². The van der Waals surface area contributed by atoms with Crippen molar-refractivity contribution in [3.05, 3.63) is 36.0 Å². The monoisotopic (exact) mass is 303 g/mol. The number of hydrogen-bond donors (Lipinski definition) is 4. The van der Waals surface area contributed by atoms with E-state index in [0.717, 1.165) is 16.5 Å².